The average molecular weight is 788 g/mol. The molecule has 0 radical (unpaired) electrons. The minimum atomic E-state index is -4.62. The second kappa shape index (κ2) is 37.3. The van der Waals surface area contributed by atoms with Crippen molar-refractivity contribution in [2.24, 2.45) is 0 Å². The second-order valence-corrected chi connectivity index (χ2v) is 17.9. The topological polar surface area (TPSA) is 111 Å². The molecule has 9 nitrogen and oxygen atoms in total. The van der Waals surface area contributed by atoms with Gasteiger partial charge in [0.2, 0.25) is 0 Å². The van der Waals surface area contributed by atoms with Crippen LogP contribution in [0.3, 0.4) is 0 Å². The molecule has 0 N–H and O–H groups in total. The Labute approximate surface area is 333 Å². The van der Waals surface area contributed by atoms with Crippen molar-refractivity contribution in [3.8, 4) is 0 Å². The first-order valence-corrected chi connectivity index (χ1v) is 23.8. The molecule has 0 fully saturated rings. The molecule has 1 unspecified atom stereocenters. The third-order valence-electron chi connectivity index (χ3n) is 9.93. The molecule has 0 saturated carbocycles. The second-order valence-electron chi connectivity index (χ2n) is 16.5. The molecule has 0 aromatic heterocycles. The molecule has 10 heteroatoms. The number of quaternary nitrogens is 1. The van der Waals surface area contributed by atoms with Gasteiger partial charge in [-0.1, -0.05) is 174 Å². The SMILES string of the molecule is C=CCCCCCCCCCCCCCCCC(=O)O[C@H](COC(=O)CCCCCCCCCCCCCCCCC)COP(=O)([O-])OCC[N+](C)(C)C. The highest BCUT2D eigenvalue weighted by Gasteiger charge is 2.21. The molecule has 2 atom stereocenters. The van der Waals surface area contributed by atoms with E-state index in [1.807, 2.05) is 27.2 Å². The van der Waals surface area contributed by atoms with Crippen LogP contribution in [0, 0.1) is 0 Å². The van der Waals surface area contributed by atoms with Crippen LogP contribution >= 0.6 is 7.82 Å². The van der Waals surface area contributed by atoms with Gasteiger partial charge < -0.3 is 27.9 Å². The molecule has 0 aliphatic heterocycles. The third-order valence-corrected chi connectivity index (χ3v) is 10.9. The van der Waals surface area contributed by atoms with E-state index in [1.54, 1.807) is 0 Å². The van der Waals surface area contributed by atoms with Gasteiger partial charge in [-0.3, -0.25) is 14.2 Å². The summed E-state index contributed by atoms with van der Waals surface area (Å²) < 4.78 is 33.9. The van der Waals surface area contributed by atoms with Gasteiger partial charge in [0.25, 0.3) is 7.82 Å². The Balaban J connectivity index is 4.30. The van der Waals surface area contributed by atoms with Crippen molar-refractivity contribution in [2.45, 2.75) is 212 Å². The molecule has 320 valence electrons. The first-order chi connectivity index (χ1) is 26.0. The predicted octanol–water partition coefficient (Wildman–Crippen LogP) is 11.9. The Morgan fingerprint density at radius 3 is 1.39 bits per heavy atom. The summed E-state index contributed by atoms with van der Waals surface area (Å²) in [6.07, 6.45) is 36.9. The monoisotopic (exact) mass is 788 g/mol. The summed E-state index contributed by atoms with van der Waals surface area (Å²) in [5, 5.41) is 0. The summed E-state index contributed by atoms with van der Waals surface area (Å²) in [7, 11) is 1.17. The predicted molar refractivity (Wildman–Crippen MR) is 222 cm³/mol. The van der Waals surface area contributed by atoms with E-state index in [0.717, 1.165) is 44.9 Å². The molecule has 0 bridgehead atoms. The van der Waals surface area contributed by atoms with Gasteiger partial charge in [0.1, 0.15) is 19.8 Å². The van der Waals surface area contributed by atoms with Crippen LogP contribution in [0.2, 0.25) is 0 Å². The van der Waals surface area contributed by atoms with Crippen molar-refractivity contribution in [1.29, 1.82) is 0 Å². The fraction of sp³-hybridized carbons (Fsp3) is 0.909. The van der Waals surface area contributed by atoms with Crippen LogP contribution in [0.4, 0.5) is 0 Å². The first-order valence-electron chi connectivity index (χ1n) is 22.4. The van der Waals surface area contributed by atoms with E-state index in [2.05, 4.69) is 13.5 Å². The third kappa shape index (κ3) is 40.4. The van der Waals surface area contributed by atoms with Crippen molar-refractivity contribution in [1.82, 2.24) is 0 Å². The van der Waals surface area contributed by atoms with Crippen molar-refractivity contribution in [3.05, 3.63) is 12.7 Å². The van der Waals surface area contributed by atoms with E-state index in [-0.39, 0.29) is 32.0 Å². The zero-order valence-corrected chi connectivity index (χ0v) is 36.7. The lowest BCUT2D eigenvalue weighted by molar-refractivity contribution is -0.870. The standard InChI is InChI=1S/C44H86NO8P/c1-6-8-10-12-14-16-18-20-22-24-26-28-30-32-34-36-43(46)50-40-42(41-52-54(48,49)51-39-38-45(3,4)5)53-44(47)37-35-33-31-29-27-25-23-21-19-17-15-13-11-9-7-2/h7,42H,2,6,8-41H2,1,3-5H3/t42-/m1/s1. The van der Waals surface area contributed by atoms with Crippen LogP contribution in [0.15, 0.2) is 12.7 Å². The maximum atomic E-state index is 12.7. The molecule has 0 aliphatic rings. The van der Waals surface area contributed by atoms with E-state index in [1.165, 1.54) is 135 Å². The number of likely N-dealkylation sites (N-methyl/N-ethyl adjacent to an activating group) is 1. The van der Waals surface area contributed by atoms with Crippen LogP contribution in [-0.4, -0.2) is 70.0 Å². The molecule has 0 aromatic rings. The fourth-order valence-corrected chi connectivity index (χ4v) is 7.13. The average Bonchev–Trinajstić information content (AvgIpc) is 3.12. The summed E-state index contributed by atoms with van der Waals surface area (Å²) in [6, 6.07) is 0. The number of carbonyl (C=O) groups excluding carboxylic acids is 2. The maximum absolute atomic E-state index is 12.7. The number of esters is 2. The Morgan fingerprint density at radius 2 is 0.981 bits per heavy atom. The highest BCUT2D eigenvalue weighted by Crippen LogP contribution is 2.38. The summed E-state index contributed by atoms with van der Waals surface area (Å²) >= 11 is 0. The lowest BCUT2D eigenvalue weighted by atomic mass is 10.0. The van der Waals surface area contributed by atoms with E-state index < -0.39 is 26.5 Å². The highest BCUT2D eigenvalue weighted by molar-refractivity contribution is 7.45. The summed E-state index contributed by atoms with van der Waals surface area (Å²) in [4.78, 5) is 37.5. The van der Waals surface area contributed by atoms with Gasteiger partial charge in [-0.05, 0) is 25.7 Å². The molecular weight excluding hydrogens is 701 g/mol. The van der Waals surface area contributed by atoms with Crippen LogP contribution in [0.25, 0.3) is 0 Å². The molecular formula is C44H86NO8P. The largest absolute Gasteiger partial charge is 0.756 e. The number of carbonyl (C=O) groups is 2. The zero-order chi connectivity index (χ0) is 40.0. The number of phosphoric acid groups is 1. The maximum Gasteiger partial charge on any atom is 0.306 e. The van der Waals surface area contributed by atoms with Crippen LogP contribution in [0.5, 0.6) is 0 Å². The number of hydrogen-bond donors (Lipinski definition) is 0. The molecule has 0 amide bonds. The van der Waals surface area contributed by atoms with E-state index >= 15 is 0 Å². The van der Waals surface area contributed by atoms with Gasteiger partial charge in [0.15, 0.2) is 6.10 Å². The molecule has 54 heavy (non-hydrogen) atoms. The zero-order valence-electron chi connectivity index (χ0n) is 35.8. The number of rotatable bonds is 42. The van der Waals surface area contributed by atoms with Crippen molar-refractivity contribution < 1.29 is 42.1 Å². The van der Waals surface area contributed by atoms with E-state index in [4.69, 9.17) is 18.5 Å². The fourth-order valence-electron chi connectivity index (χ4n) is 6.40. The normalized spacial score (nSPS) is 13.4. The van der Waals surface area contributed by atoms with Crippen LogP contribution in [0.1, 0.15) is 206 Å². The molecule has 0 aliphatic carbocycles. The molecule has 0 heterocycles. The summed E-state index contributed by atoms with van der Waals surface area (Å²) in [5.74, 6) is -0.826. The van der Waals surface area contributed by atoms with Crippen molar-refractivity contribution >= 4 is 19.8 Å². The Morgan fingerprint density at radius 1 is 0.593 bits per heavy atom. The molecule has 0 aromatic carbocycles. The number of unbranched alkanes of at least 4 members (excludes halogenated alkanes) is 27. The number of phosphoric ester groups is 1. The molecule has 0 rings (SSSR count). The molecule has 0 saturated heterocycles. The Hall–Kier alpha value is -1.25. The first kappa shape index (κ1) is 52.8. The smallest absolute Gasteiger partial charge is 0.306 e. The van der Waals surface area contributed by atoms with Crippen LogP contribution in [-0.2, 0) is 32.7 Å². The summed E-state index contributed by atoms with van der Waals surface area (Å²) in [6.45, 7) is 5.77. The van der Waals surface area contributed by atoms with Gasteiger partial charge in [0.05, 0.1) is 27.7 Å². The number of hydrogen-bond acceptors (Lipinski definition) is 8. The van der Waals surface area contributed by atoms with Crippen molar-refractivity contribution in [3.63, 3.8) is 0 Å². The summed E-state index contributed by atoms with van der Waals surface area (Å²) in [5.41, 5.74) is 0. The van der Waals surface area contributed by atoms with Crippen LogP contribution < -0.4 is 4.89 Å². The van der Waals surface area contributed by atoms with Gasteiger partial charge in [0, 0.05) is 12.8 Å². The lowest BCUT2D eigenvalue weighted by Crippen LogP contribution is -2.37. The Kier molecular flexibility index (Phi) is 36.5. The van der Waals surface area contributed by atoms with E-state index in [0.29, 0.717) is 17.4 Å². The number of allylic oxidation sites excluding steroid dienone is 1. The quantitative estimate of drug-likeness (QED) is 0.0198. The molecule has 0 spiro atoms. The van der Waals surface area contributed by atoms with Gasteiger partial charge in [-0.15, -0.1) is 6.58 Å². The van der Waals surface area contributed by atoms with Gasteiger partial charge in [-0.2, -0.15) is 0 Å². The number of nitrogens with zero attached hydrogens (tertiary/aromatic N) is 1. The van der Waals surface area contributed by atoms with E-state index in [9.17, 15) is 19.0 Å². The van der Waals surface area contributed by atoms with Gasteiger partial charge >= 0.3 is 11.9 Å². The van der Waals surface area contributed by atoms with Crippen molar-refractivity contribution in [2.75, 3.05) is 47.5 Å². The minimum Gasteiger partial charge on any atom is -0.756 e. The highest BCUT2D eigenvalue weighted by atomic mass is 31.2. The minimum absolute atomic E-state index is 0.0281. The lowest BCUT2D eigenvalue weighted by Gasteiger charge is -2.28. The van der Waals surface area contributed by atoms with Gasteiger partial charge in [-0.25, -0.2) is 0 Å². The number of ether oxygens (including phenoxy) is 2. The Bertz CT molecular complexity index is 925.